The van der Waals surface area contributed by atoms with Crippen LogP contribution in [0.1, 0.15) is 21.5 Å². The van der Waals surface area contributed by atoms with E-state index in [0.717, 1.165) is 22.0 Å². The number of nitrogens with one attached hydrogen (secondary N) is 3. The molecule has 0 saturated carbocycles. The van der Waals surface area contributed by atoms with Gasteiger partial charge in [0.1, 0.15) is 12.1 Å². The molecule has 3 aromatic carbocycles. The molecule has 1 heterocycles. The molecule has 0 aliphatic rings. The van der Waals surface area contributed by atoms with Gasteiger partial charge in [0.25, 0.3) is 5.91 Å². The summed E-state index contributed by atoms with van der Waals surface area (Å²) in [5, 5.41) is 16.1. The molecule has 4 aromatic rings. The fourth-order valence-corrected chi connectivity index (χ4v) is 3.88. The van der Waals surface area contributed by atoms with Crippen molar-refractivity contribution in [2.75, 3.05) is 0 Å². The van der Waals surface area contributed by atoms with E-state index in [4.69, 9.17) is 0 Å². The maximum absolute atomic E-state index is 13.2. The summed E-state index contributed by atoms with van der Waals surface area (Å²) in [7, 11) is 0. The molecule has 0 radical (unpaired) electrons. The Hall–Kier alpha value is -4.39. The molecule has 0 fully saturated rings. The topological polar surface area (TPSA) is 111 Å². The van der Waals surface area contributed by atoms with E-state index in [-0.39, 0.29) is 12.8 Å². The number of carboxylic acid groups (broad SMARTS) is 1. The van der Waals surface area contributed by atoms with E-state index in [1.807, 2.05) is 54.6 Å². The Morgan fingerprint density at radius 3 is 2.12 bits per heavy atom. The van der Waals surface area contributed by atoms with Gasteiger partial charge in [-0.25, -0.2) is 4.79 Å². The van der Waals surface area contributed by atoms with Gasteiger partial charge in [0.2, 0.25) is 5.91 Å². The molecule has 0 saturated heterocycles. The SMILES string of the molecule is O=C(NC(Cc1ccccc1)C(=O)N[C@@H](Cc1c[nH]c2ccccc12)C(=O)O)c1ccccc1. The molecule has 1 aromatic heterocycles. The van der Waals surface area contributed by atoms with Crippen LogP contribution in [0, 0.1) is 0 Å². The molecule has 4 rings (SSSR count). The van der Waals surface area contributed by atoms with Crippen molar-refractivity contribution in [3.05, 3.63) is 108 Å². The van der Waals surface area contributed by atoms with E-state index in [0.29, 0.717) is 5.56 Å². The first-order valence-electron chi connectivity index (χ1n) is 11.0. The van der Waals surface area contributed by atoms with Crippen LogP contribution >= 0.6 is 0 Å². The third kappa shape index (κ3) is 5.50. The summed E-state index contributed by atoms with van der Waals surface area (Å²) >= 11 is 0. The number of aromatic amines is 1. The van der Waals surface area contributed by atoms with Crippen LogP contribution in [-0.4, -0.2) is 40.0 Å². The largest absolute Gasteiger partial charge is 0.480 e. The Bertz CT molecular complexity index is 1290. The zero-order valence-electron chi connectivity index (χ0n) is 18.4. The van der Waals surface area contributed by atoms with Crippen LogP contribution in [0.15, 0.2) is 91.1 Å². The minimum absolute atomic E-state index is 0.107. The summed E-state index contributed by atoms with van der Waals surface area (Å²) in [5.41, 5.74) is 2.95. The van der Waals surface area contributed by atoms with Crippen molar-refractivity contribution in [2.45, 2.75) is 24.9 Å². The van der Waals surface area contributed by atoms with Gasteiger partial charge in [-0.2, -0.15) is 0 Å². The second-order valence-electron chi connectivity index (χ2n) is 8.04. The lowest BCUT2D eigenvalue weighted by Crippen LogP contribution is -2.53. The number of carboxylic acids is 1. The van der Waals surface area contributed by atoms with Crippen LogP contribution in [-0.2, 0) is 22.4 Å². The van der Waals surface area contributed by atoms with E-state index >= 15 is 0 Å². The summed E-state index contributed by atoms with van der Waals surface area (Å²) < 4.78 is 0. The van der Waals surface area contributed by atoms with Crippen LogP contribution in [0.5, 0.6) is 0 Å². The van der Waals surface area contributed by atoms with Crippen molar-refractivity contribution in [2.24, 2.45) is 0 Å². The number of hydrogen-bond acceptors (Lipinski definition) is 3. The molecular formula is C27H25N3O4. The maximum atomic E-state index is 13.2. The Morgan fingerprint density at radius 2 is 1.41 bits per heavy atom. The highest BCUT2D eigenvalue weighted by atomic mass is 16.4. The van der Waals surface area contributed by atoms with Gasteiger partial charge in [-0.15, -0.1) is 0 Å². The van der Waals surface area contributed by atoms with Crippen LogP contribution in [0.2, 0.25) is 0 Å². The number of hydrogen-bond donors (Lipinski definition) is 4. The highest BCUT2D eigenvalue weighted by Crippen LogP contribution is 2.19. The first-order chi connectivity index (χ1) is 16.5. The second-order valence-corrected chi connectivity index (χ2v) is 8.04. The van der Waals surface area contributed by atoms with Gasteiger partial charge in [0.05, 0.1) is 0 Å². The lowest BCUT2D eigenvalue weighted by molar-refractivity contribution is -0.142. The number of benzene rings is 3. The minimum atomic E-state index is -1.15. The summed E-state index contributed by atoms with van der Waals surface area (Å²) in [6.45, 7) is 0. The number of amides is 2. The van der Waals surface area contributed by atoms with Gasteiger partial charge in [-0.05, 0) is 29.3 Å². The van der Waals surface area contributed by atoms with E-state index < -0.39 is 29.9 Å². The number of aromatic nitrogens is 1. The Morgan fingerprint density at radius 1 is 0.765 bits per heavy atom. The molecule has 172 valence electrons. The fourth-order valence-electron chi connectivity index (χ4n) is 3.88. The lowest BCUT2D eigenvalue weighted by Gasteiger charge is -2.22. The van der Waals surface area contributed by atoms with Gasteiger partial charge in [0, 0.05) is 35.5 Å². The third-order valence-corrected chi connectivity index (χ3v) is 5.65. The summed E-state index contributed by atoms with van der Waals surface area (Å²) in [4.78, 5) is 41.1. The Balaban J connectivity index is 1.53. The van der Waals surface area contributed by atoms with Crippen molar-refractivity contribution < 1.29 is 19.5 Å². The summed E-state index contributed by atoms with van der Waals surface area (Å²) in [5.74, 6) is -2.10. The molecule has 7 heteroatoms. The van der Waals surface area contributed by atoms with Gasteiger partial charge >= 0.3 is 5.97 Å². The molecule has 2 atom stereocenters. The maximum Gasteiger partial charge on any atom is 0.326 e. The van der Waals surface area contributed by atoms with Gasteiger partial charge in [0.15, 0.2) is 0 Å². The first kappa shape index (κ1) is 22.8. The van der Waals surface area contributed by atoms with Crippen LogP contribution in [0.4, 0.5) is 0 Å². The number of para-hydroxylation sites is 1. The Kier molecular flexibility index (Phi) is 7.03. The molecule has 2 amide bonds. The first-order valence-corrected chi connectivity index (χ1v) is 11.0. The van der Waals surface area contributed by atoms with Crippen molar-refractivity contribution >= 4 is 28.7 Å². The van der Waals surface area contributed by atoms with E-state index in [1.54, 1.807) is 36.5 Å². The molecule has 1 unspecified atom stereocenters. The molecule has 0 aliphatic heterocycles. The molecule has 0 bridgehead atoms. The monoisotopic (exact) mass is 455 g/mol. The number of carbonyl (C=O) groups excluding carboxylic acids is 2. The molecular weight excluding hydrogens is 430 g/mol. The minimum Gasteiger partial charge on any atom is -0.480 e. The smallest absolute Gasteiger partial charge is 0.326 e. The molecule has 7 nitrogen and oxygen atoms in total. The molecule has 4 N–H and O–H groups in total. The van der Waals surface area contributed by atoms with Crippen molar-refractivity contribution in [1.29, 1.82) is 0 Å². The number of carbonyl (C=O) groups is 3. The van der Waals surface area contributed by atoms with Gasteiger partial charge in [-0.1, -0.05) is 66.7 Å². The van der Waals surface area contributed by atoms with E-state index in [1.165, 1.54) is 0 Å². The number of aliphatic carboxylic acids is 1. The highest BCUT2D eigenvalue weighted by Gasteiger charge is 2.28. The summed E-state index contributed by atoms with van der Waals surface area (Å²) in [6.07, 6.45) is 2.09. The standard InChI is InChI=1S/C27H25N3O4/c31-25(19-11-5-2-6-12-19)29-23(15-18-9-3-1-4-10-18)26(32)30-24(27(33)34)16-20-17-28-22-14-8-7-13-21(20)22/h1-14,17,23-24,28H,15-16H2,(H,29,31)(H,30,32)(H,33,34)/t23?,24-/m0/s1. The normalized spacial score (nSPS) is 12.6. The lowest BCUT2D eigenvalue weighted by atomic mass is 10.0. The highest BCUT2D eigenvalue weighted by molar-refractivity contribution is 5.98. The Labute approximate surface area is 196 Å². The second kappa shape index (κ2) is 10.5. The van der Waals surface area contributed by atoms with Crippen molar-refractivity contribution in [1.82, 2.24) is 15.6 Å². The van der Waals surface area contributed by atoms with Crippen LogP contribution in [0.25, 0.3) is 10.9 Å². The number of fused-ring (bicyclic) bond motifs is 1. The molecule has 34 heavy (non-hydrogen) atoms. The van der Waals surface area contributed by atoms with Crippen LogP contribution < -0.4 is 10.6 Å². The number of rotatable bonds is 9. The average molecular weight is 456 g/mol. The molecule has 0 spiro atoms. The predicted octanol–water partition coefficient (Wildman–Crippen LogP) is 3.32. The van der Waals surface area contributed by atoms with E-state index in [9.17, 15) is 19.5 Å². The fraction of sp³-hybridized carbons (Fsp3) is 0.148. The van der Waals surface area contributed by atoms with Crippen molar-refractivity contribution in [3.8, 4) is 0 Å². The van der Waals surface area contributed by atoms with Gasteiger partial charge in [-0.3, -0.25) is 9.59 Å². The van der Waals surface area contributed by atoms with Crippen LogP contribution in [0.3, 0.4) is 0 Å². The zero-order chi connectivity index (χ0) is 23.9. The zero-order valence-corrected chi connectivity index (χ0v) is 18.4. The summed E-state index contributed by atoms with van der Waals surface area (Å²) in [6, 6.07) is 23.3. The predicted molar refractivity (Wildman–Crippen MR) is 129 cm³/mol. The third-order valence-electron chi connectivity index (χ3n) is 5.65. The quantitative estimate of drug-likeness (QED) is 0.310. The number of H-pyrrole nitrogens is 1. The average Bonchev–Trinajstić information content (AvgIpc) is 3.27. The van der Waals surface area contributed by atoms with E-state index in [2.05, 4.69) is 15.6 Å². The molecule has 0 aliphatic carbocycles. The van der Waals surface area contributed by atoms with Crippen molar-refractivity contribution in [3.63, 3.8) is 0 Å². The van der Waals surface area contributed by atoms with Gasteiger partial charge < -0.3 is 20.7 Å².